The third kappa shape index (κ3) is 2.17. The molecule has 114 valence electrons. The van der Waals surface area contributed by atoms with Crippen molar-refractivity contribution in [1.82, 2.24) is 14.9 Å². The number of aryl methyl sites for hydroxylation is 1. The molecule has 3 atom stereocenters. The fourth-order valence-electron chi connectivity index (χ4n) is 3.41. The molecule has 2 aromatic rings. The van der Waals surface area contributed by atoms with Crippen LogP contribution in [0.4, 0.5) is 0 Å². The Morgan fingerprint density at radius 1 is 1.41 bits per heavy atom. The molecule has 1 amide bonds. The summed E-state index contributed by atoms with van der Waals surface area (Å²) in [4.78, 5) is 16.9. The summed E-state index contributed by atoms with van der Waals surface area (Å²) in [7, 11) is 0. The average Bonchev–Trinajstić information content (AvgIpc) is 3.12. The number of benzene rings is 1. The molecule has 0 fully saturated rings. The minimum absolute atomic E-state index is 0.0164. The first-order valence-electron chi connectivity index (χ1n) is 7.78. The van der Waals surface area contributed by atoms with E-state index in [-0.39, 0.29) is 17.9 Å². The van der Waals surface area contributed by atoms with Crippen LogP contribution in [0.5, 0.6) is 5.75 Å². The molecule has 5 nitrogen and oxygen atoms in total. The van der Waals surface area contributed by atoms with Gasteiger partial charge >= 0.3 is 0 Å². The van der Waals surface area contributed by atoms with Crippen molar-refractivity contribution in [3.05, 3.63) is 48.0 Å². The summed E-state index contributed by atoms with van der Waals surface area (Å²) in [6, 6.07) is 8.03. The largest absolute Gasteiger partial charge is 0.480 e. The van der Waals surface area contributed by atoms with E-state index in [1.807, 2.05) is 43.6 Å². The maximum Gasteiger partial charge on any atom is 0.261 e. The highest BCUT2D eigenvalue weighted by molar-refractivity contribution is 5.83. The highest BCUT2D eigenvalue weighted by atomic mass is 16.5. The lowest BCUT2D eigenvalue weighted by molar-refractivity contribution is -0.128. The summed E-state index contributed by atoms with van der Waals surface area (Å²) in [5.41, 5.74) is 1.11. The molecule has 3 heterocycles. The number of nitrogens with one attached hydrogen (secondary N) is 1. The van der Waals surface area contributed by atoms with Gasteiger partial charge in [0.05, 0.1) is 0 Å². The van der Waals surface area contributed by atoms with E-state index in [0.717, 1.165) is 36.5 Å². The Labute approximate surface area is 129 Å². The Hall–Kier alpha value is -2.30. The van der Waals surface area contributed by atoms with Crippen LogP contribution in [-0.4, -0.2) is 27.6 Å². The molecule has 2 aliphatic rings. The molecular weight excluding hydrogens is 278 g/mol. The lowest BCUT2D eigenvalue weighted by atomic mass is 9.96. The van der Waals surface area contributed by atoms with Crippen LogP contribution in [0.15, 0.2) is 36.7 Å². The highest BCUT2D eigenvalue weighted by Gasteiger charge is 2.37. The van der Waals surface area contributed by atoms with E-state index in [0.29, 0.717) is 0 Å². The van der Waals surface area contributed by atoms with Crippen molar-refractivity contribution in [3.63, 3.8) is 0 Å². The predicted molar refractivity (Wildman–Crippen MR) is 81.8 cm³/mol. The number of amides is 1. The van der Waals surface area contributed by atoms with E-state index in [9.17, 15) is 4.79 Å². The second-order valence-corrected chi connectivity index (χ2v) is 6.10. The van der Waals surface area contributed by atoms with Crippen molar-refractivity contribution in [2.24, 2.45) is 0 Å². The van der Waals surface area contributed by atoms with E-state index in [2.05, 4.69) is 14.9 Å². The van der Waals surface area contributed by atoms with Gasteiger partial charge in [0.1, 0.15) is 11.6 Å². The predicted octanol–water partition coefficient (Wildman–Crippen LogP) is 1.88. The van der Waals surface area contributed by atoms with Gasteiger partial charge in [0.25, 0.3) is 5.91 Å². The molecule has 4 rings (SSSR count). The number of imidazole rings is 1. The van der Waals surface area contributed by atoms with Crippen LogP contribution in [0.2, 0.25) is 0 Å². The monoisotopic (exact) mass is 297 g/mol. The van der Waals surface area contributed by atoms with Crippen LogP contribution >= 0.6 is 0 Å². The van der Waals surface area contributed by atoms with Crippen LogP contribution in [0, 0.1) is 0 Å². The SMILES string of the molecule is CC1c2ccccc2OC1C(=O)NC1CCc2nccn2C1. The first-order chi connectivity index (χ1) is 10.7. The summed E-state index contributed by atoms with van der Waals surface area (Å²) in [5, 5.41) is 3.14. The number of ether oxygens (including phenoxy) is 1. The van der Waals surface area contributed by atoms with Crippen molar-refractivity contribution < 1.29 is 9.53 Å². The van der Waals surface area contributed by atoms with Gasteiger partial charge in [-0.1, -0.05) is 25.1 Å². The van der Waals surface area contributed by atoms with Gasteiger partial charge in [-0.15, -0.1) is 0 Å². The second kappa shape index (κ2) is 5.16. The molecule has 1 aromatic carbocycles. The van der Waals surface area contributed by atoms with Gasteiger partial charge in [-0.05, 0) is 12.5 Å². The summed E-state index contributed by atoms with van der Waals surface area (Å²) < 4.78 is 7.96. The molecule has 0 spiro atoms. The van der Waals surface area contributed by atoms with E-state index in [1.165, 1.54) is 0 Å². The van der Waals surface area contributed by atoms with Crippen LogP contribution in [-0.2, 0) is 17.8 Å². The smallest absolute Gasteiger partial charge is 0.261 e. The summed E-state index contributed by atoms with van der Waals surface area (Å²) in [6.45, 7) is 2.83. The van der Waals surface area contributed by atoms with Gasteiger partial charge in [-0.25, -0.2) is 4.98 Å². The lowest BCUT2D eigenvalue weighted by Crippen LogP contribution is -2.47. The number of hydrogen-bond donors (Lipinski definition) is 1. The summed E-state index contributed by atoms with van der Waals surface area (Å²) in [5.74, 6) is 2.00. The molecule has 22 heavy (non-hydrogen) atoms. The quantitative estimate of drug-likeness (QED) is 0.921. The van der Waals surface area contributed by atoms with Gasteiger partial charge in [-0.3, -0.25) is 4.79 Å². The number of hydrogen-bond acceptors (Lipinski definition) is 3. The third-order valence-corrected chi connectivity index (χ3v) is 4.66. The number of fused-ring (bicyclic) bond motifs is 2. The zero-order chi connectivity index (χ0) is 15.1. The topological polar surface area (TPSA) is 56.1 Å². The maximum atomic E-state index is 12.6. The standard InChI is InChI=1S/C17H19N3O2/c1-11-13-4-2-3-5-14(13)22-16(11)17(21)19-12-6-7-15-18-8-9-20(15)10-12/h2-5,8-9,11-12,16H,6-7,10H2,1H3,(H,19,21). The molecule has 0 aliphatic carbocycles. The Morgan fingerprint density at radius 3 is 3.14 bits per heavy atom. The van der Waals surface area contributed by atoms with Gasteiger partial charge in [0, 0.05) is 42.9 Å². The molecule has 1 aromatic heterocycles. The van der Waals surface area contributed by atoms with E-state index < -0.39 is 6.10 Å². The lowest BCUT2D eigenvalue weighted by Gasteiger charge is -2.26. The summed E-state index contributed by atoms with van der Waals surface area (Å²) in [6.07, 6.45) is 5.19. The Kier molecular flexibility index (Phi) is 3.13. The number of rotatable bonds is 2. The fourth-order valence-corrected chi connectivity index (χ4v) is 3.41. The normalized spacial score (nSPS) is 26.0. The number of carbonyl (C=O) groups is 1. The Bertz CT molecular complexity index is 709. The fraction of sp³-hybridized carbons (Fsp3) is 0.412. The van der Waals surface area contributed by atoms with Crippen molar-refractivity contribution >= 4 is 5.91 Å². The molecule has 3 unspecified atom stereocenters. The van der Waals surface area contributed by atoms with Gasteiger partial charge in [0.15, 0.2) is 6.10 Å². The molecule has 0 bridgehead atoms. The van der Waals surface area contributed by atoms with E-state index in [4.69, 9.17) is 4.74 Å². The Morgan fingerprint density at radius 2 is 2.27 bits per heavy atom. The van der Waals surface area contributed by atoms with Crippen LogP contribution < -0.4 is 10.1 Å². The van der Waals surface area contributed by atoms with Crippen LogP contribution in [0.25, 0.3) is 0 Å². The molecular formula is C17H19N3O2. The molecule has 0 saturated carbocycles. The molecule has 0 radical (unpaired) electrons. The molecule has 2 aliphatic heterocycles. The van der Waals surface area contributed by atoms with Crippen molar-refractivity contribution in [3.8, 4) is 5.75 Å². The minimum Gasteiger partial charge on any atom is -0.480 e. The minimum atomic E-state index is -0.429. The van der Waals surface area contributed by atoms with E-state index in [1.54, 1.807) is 0 Å². The van der Waals surface area contributed by atoms with Gasteiger partial charge in [-0.2, -0.15) is 0 Å². The third-order valence-electron chi connectivity index (χ3n) is 4.66. The van der Waals surface area contributed by atoms with Crippen LogP contribution in [0.3, 0.4) is 0 Å². The first-order valence-corrected chi connectivity index (χ1v) is 7.78. The highest BCUT2D eigenvalue weighted by Crippen LogP contribution is 2.37. The number of nitrogens with zero attached hydrogens (tertiary/aromatic N) is 2. The second-order valence-electron chi connectivity index (χ2n) is 6.10. The molecule has 5 heteroatoms. The average molecular weight is 297 g/mol. The van der Waals surface area contributed by atoms with Crippen molar-refractivity contribution in [2.75, 3.05) is 0 Å². The first kappa shape index (κ1) is 13.4. The zero-order valence-electron chi connectivity index (χ0n) is 12.5. The van der Waals surface area contributed by atoms with E-state index >= 15 is 0 Å². The Balaban J connectivity index is 1.44. The van der Waals surface area contributed by atoms with Gasteiger partial charge < -0.3 is 14.6 Å². The number of aromatic nitrogens is 2. The van der Waals surface area contributed by atoms with Crippen LogP contribution in [0.1, 0.15) is 30.7 Å². The van der Waals surface area contributed by atoms with Crippen molar-refractivity contribution in [2.45, 2.75) is 44.4 Å². The molecule has 1 N–H and O–H groups in total. The maximum absolute atomic E-state index is 12.6. The zero-order valence-corrected chi connectivity index (χ0v) is 12.5. The number of carbonyl (C=O) groups excluding carboxylic acids is 1. The molecule has 0 saturated heterocycles. The number of para-hydroxylation sites is 1. The van der Waals surface area contributed by atoms with Crippen molar-refractivity contribution in [1.29, 1.82) is 0 Å². The summed E-state index contributed by atoms with van der Waals surface area (Å²) >= 11 is 0. The van der Waals surface area contributed by atoms with Gasteiger partial charge in [0.2, 0.25) is 0 Å².